The largest absolute Gasteiger partial charge is 0.396 e. The molecule has 4 rings (SSSR count). The van der Waals surface area contributed by atoms with Crippen LogP contribution in [0.25, 0.3) is 22.4 Å². The molecule has 0 saturated carbocycles. The number of pyridine rings is 1. The van der Waals surface area contributed by atoms with Gasteiger partial charge in [0.1, 0.15) is 11.3 Å². The molecule has 4 aromatic rings. The molecule has 0 fully saturated rings. The van der Waals surface area contributed by atoms with Gasteiger partial charge in [0.2, 0.25) is 0 Å². The Labute approximate surface area is 188 Å². The van der Waals surface area contributed by atoms with E-state index in [1.54, 1.807) is 6.20 Å². The van der Waals surface area contributed by atoms with E-state index >= 15 is 0 Å². The van der Waals surface area contributed by atoms with Gasteiger partial charge in [-0.2, -0.15) is 0 Å². The molecule has 0 aliphatic heterocycles. The molecule has 32 heavy (non-hydrogen) atoms. The predicted molar refractivity (Wildman–Crippen MR) is 127 cm³/mol. The first-order valence-electron chi connectivity index (χ1n) is 11.2. The van der Waals surface area contributed by atoms with Crippen LogP contribution in [0, 0.1) is 5.92 Å². The van der Waals surface area contributed by atoms with Crippen LogP contribution in [-0.4, -0.2) is 36.2 Å². The first-order chi connectivity index (χ1) is 15.6. The molecule has 166 valence electrons. The summed E-state index contributed by atoms with van der Waals surface area (Å²) in [7, 11) is 0. The average Bonchev–Trinajstić information content (AvgIpc) is 3.26. The summed E-state index contributed by atoms with van der Waals surface area (Å²) in [5.74, 6) is 1.61. The number of benzene rings is 1. The number of rotatable bonds is 9. The molecule has 3 aromatic heterocycles. The van der Waals surface area contributed by atoms with Crippen LogP contribution in [0.2, 0.25) is 0 Å². The third-order valence-electron chi connectivity index (χ3n) is 5.71. The molecule has 1 aromatic carbocycles. The van der Waals surface area contributed by atoms with E-state index in [4.69, 9.17) is 9.97 Å². The Bertz CT molecular complexity index is 1150. The van der Waals surface area contributed by atoms with E-state index in [9.17, 15) is 5.11 Å². The second-order valence-electron chi connectivity index (χ2n) is 8.33. The predicted octanol–water partition coefficient (Wildman–Crippen LogP) is 4.64. The summed E-state index contributed by atoms with van der Waals surface area (Å²) >= 11 is 0. The number of aromatic nitrogens is 5. The molecule has 7 nitrogen and oxygen atoms in total. The number of aliphatic hydroxyl groups is 1. The van der Waals surface area contributed by atoms with Crippen molar-refractivity contribution in [2.45, 2.75) is 46.2 Å². The summed E-state index contributed by atoms with van der Waals surface area (Å²) in [5, 5.41) is 13.1. The molecule has 0 amide bonds. The van der Waals surface area contributed by atoms with E-state index in [-0.39, 0.29) is 18.6 Å². The summed E-state index contributed by atoms with van der Waals surface area (Å²) in [5.41, 5.74) is 4.78. The molecule has 0 radical (unpaired) electrons. The fraction of sp³-hybridized carbons (Fsp3) is 0.360. The second-order valence-corrected chi connectivity index (χ2v) is 8.33. The Morgan fingerprint density at radius 1 is 1.03 bits per heavy atom. The highest BCUT2D eigenvalue weighted by Crippen LogP contribution is 2.24. The number of hydrogen-bond acceptors (Lipinski definition) is 6. The highest BCUT2D eigenvalue weighted by atomic mass is 16.3. The first kappa shape index (κ1) is 21.9. The van der Waals surface area contributed by atoms with Crippen LogP contribution in [-0.2, 0) is 13.0 Å². The Morgan fingerprint density at radius 2 is 1.84 bits per heavy atom. The first-order valence-corrected chi connectivity index (χ1v) is 11.2. The fourth-order valence-electron chi connectivity index (χ4n) is 3.66. The van der Waals surface area contributed by atoms with Gasteiger partial charge in [-0.1, -0.05) is 43.7 Å². The van der Waals surface area contributed by atoms with Crippen LogP contribution in [0.4, 0.5) is 5.82 Å². The smallest absolute Gasteiger partial charge is 0.166 e. The minimum atomic E-state index is 0.132. The molecule has 0 spiro atoms. The number of fused-ring (bicyclic) bond motifs is 1. The third-order valence-corrected chi connectivity index (χ3v) is 5.71. The standard InChI is InChI=1S/C25H30N6O/c1-4-18(15-32)13-22-29-24(23-25(30-22)31(16-28-23)17(2)3)27-14-19-8-10-20(11-9-19)21-7-5-6-12-26-21/h5-12,16-18,32H,4,13-15H2,1-3H3,(H,27,29,30)/t18-/m0/s1. The van der Waals surface area contributed by atoms with Crippen molar-refractivity contribution in [3.63, 3.8) is 0 Å². The van der Waals surface area contributed by atoms with E-state index in [0.29, 0.717) is 13.0 Å². The van der Waals surface area contributed by atoms with E-state index in [1.807, 2.05) is 24.5 Å². The topological polar surface area (TPSA) is 88.8 Å². The van der Waals surface area contributed by atoms with Crippen molar-refractivity contribution in [2.75, 3.05) is 11.9 Å². The normalized spacial score (nSPS) is 12.4. The fourth-order valence-corrected chi connectivity index (χ4v) is 3.66. The van der Waals surface area contributed by atoms with Crippen LogP contribution in [0.1, 0.15) is 44.6 Å². The van der Waals surface area contributed by atoms with Crippen LogP contribution in [0.5, 0.6) is 0 Å². The lowest BCUT2D eigenvalue weighted by Gasteiger charge is -2.14. The highest BCUT2D eigenvalue weighted by Gasteiger charge is 2.17. The Morgan fingerprint density at radius 3 is 2.50 bits per heavy atom. The van der Waals surface area contributed by atoms with Gasteiger partial charge in [-0.15, -0.1) is 0 Å². The minimum Gasteiger partial charge on any atom is -0.396 e. The van der Waals surface area contributed by atoms with Crippen molar-refractivity contribution in [3.05, 3.63) is 66.4 Å². The zero-order valence-corrected chi connectivity index (χ0v) is 18.9. The highest BCUT2D eigenvalue weighted by molar-refractivity contribution is 5.83. The summed E-state index contributed by atoms with van der Waals surface area (Å²) < 4.78 is 2.06. The molecule has 3 heterocycles. The molecule has 0 aliphatic carbocycles. The van der Waals surface area contributed by atoms with Crippen molar-refractivity contribution >= 4 is 17.0 Å². The number of nitrogens with one attached hydrogen (secondary N) is 1. The van der Waals surface area contributed by atoms with Gasteiger partial charge in [-0.25, -0.2) is 15.0 Å². The summed E-state index contributed by atoms with van der Waals surface area (Å²) in [6, 6.07) is 14.5. The minimum absolute atomic E-state index is 0.132. The van der Waals surface area contributed by atoms with E-state index in [0.717, 1.165) is 46.0 Å². The van der Waals surface area contributed by atoms with Crippen LogP contribution in [0.15, 0.2) is 55.0 Å². The van der Waals surface area contributed by atoms with Gasteiger partial charge in [0.05, 0.1) is 12.0 Å². The maximum absolute atomic E-state index is 9.64. The summed E-state index contributed by atoms with van der Waals surface area (Å²) in [6.45, 7) is 7.06. The SMILES string of the molecule is CC[C@H](CO)Cc1nc(NCc2ccc(-c3ccccn3)cc2)c2ncn(C(C)C)c2n1. The average molecular weight is 431 g/mol. The maximum Gasteiger partial charge on any atom is 0.166 e. The summed E-state index contributed by atoms with van der Waals surface area (Å²) in [4.78, 5) is 18.5. The van der Waals surface area contributed by atoms with Gasteiger partial charge in [0, 0.05) is 37.4 Å². The van der Waals surface area contributed by atoms with Crippen molar-refractivity contribution in [2.24, 2.45) is 5.92 Å². The number of nitrogens with zero attached hydrogens (tertiary/aromatic N) is 5. The van der Waals surface area contributed by atoms with Crippen LogP contribution in [0.3, 0.4) is 0 Å². The third kappa shape index (κ3) is 4.78. The van der Waals surface area contributed by atoms with E-state index in [2.05, 4.69) is 64.9 Å². The van der Waals surface area contributed by atoms with Gasteiger partial charge in [0.25, 0.3) is 0 Å². The number of hydrogen-bond donors (Lipinski definition) is 2. The molecule has 2 N–H and O–H groups in total. The quantitative estimate of drug-likeness (QED) is 0.402. The van der Waals surface area contributed by atoms with E-state index < -0.39 is 0 Å². The molecule has 0 bridgehead atoms. The Balaban J connectivity index is 1.58. The zero-order chi connectivity index (χ0) is 22.5. The molecule has 0 unspecified atom stereocenters. The lowest BCUT2D eigenvalue weighted by atomic mass is 10.0. The van der Waals surface area contributed by atoms with Gasteiger partial charge >= 0.3 is 0 Å². The monoisotopic (exact) mass is 430 g/mol. The van der Waals surface area contributed by atoms with Crippen molar-refractivity contribution in [1.29, 1.82) is 0 Å². The van der Waals surface area contributed by atoms with Crippen molar-refractivity contribution < 1.29 is 5.11 Å². The molecule has 7 heteroatoms. The van der Waals surface area contributed by atoms with Crippen molar-refractivity contribution in [1.82, 2.24) is 24.5 Å². The Kier molecular flexibility index (Phi) is 6.75. The molecule has 1 atom stereocenters. The molecular weight excluding hydrogens is 400 g/mol. The van der Waals surface area contributed by atoms with Crippen LogP contribution < -0.4 is 5.32 Å². The van der Waals surface area contributed by atoms with Gasteiger partial charge in [0.15, 0.2) is 11.5 Å². The zero-order valence-electron chi connectivity index (χ0n) is 18.9. The Hall–Kier alpha value is -3.32. The lowest BCUT2D eigenvalue weighted by molar-refractivity contribution is 0.220. The number of anilines is 1. The van der Waals surface area contributed by atoms with Crippen LogP contribution >= 0.6 is 0 Å². The van der Waals surface area contributed by atoms with E-state index in [1.165, 1.54) is 0 Å². The number of imidazole rings is 1. The maximum atomic E-state index is 9.64. The molecule has 0 aliphatic rings. The van der Waals surface area contributed by atoms with Crippen molar-refractivity contribution in [3.8, 4) is 11.3 Å². The second kappa shape index (κ2) is 9.87. The van der Waals surface area contributed by atoms with Gasteiger partial charge in [-0.3, -0.25) is 4.98 Å². The molecular formula is C25H30N6O. The van der Waals surface area contributed by atoms with Gasteiger partial charge in [-0.05, 0) is 37.5 Å². The number of aliphatic hydroxyl groups excluding tert-OH is 1. The lowest BCUT2D eigenvalue weighted by Crippen LogP contribution is -2.13. The van der Waals surface area contributed by atoms with Gasteiger partial charge < -0.3 is 15.0 Å². The summed E-state index contributed by atoms with van der Waals surface area (Å²) in [6.07, 6.45) is 5.15. The molecule has 0 saturated heterocycles.